The zero-order valence-corrected chi connectivity index (χ0v) is 10.4. The predicted octanol–water partition coefficient (Wildman–Crippen LogP) is 3.88. The monoisotopic (exact) mass is 254 g/mol. The summed E-state index contributed by atoms with van der Waals surface area (Å²) in [6.07, 6.45) is 5.02. The molecule has 2 atom stereocenters. The van der Waals surface area contributed by atoms with Gasteiger partial charge in [0.05, 0.1) is 16.4 Å². The van der Waals surface area contributed by atoms with E-state index in [4.69, 9.17) is 11.6 Å². The number of benzene rings is 1. The highest BCUT2D eigenvalue weighted by molar-refractivity contribution is 6.31. The maximum absolute atomic E-state index is 13.4. The SMILES string of the molecule is Fc1cc2c(cc1Cl)NC1CCCCC1CN2. The highest BCUT2D eigenvalue weighted by Gasteiger charge is 2.28. The van der Waals surface area contributed by atoms with Crippen LogP contribution in [-0.4, -0.2) is 12.6 Å². The summed E-state index contributed by atoms with van der Waals surface area (Å²) in [5.74, 6) is 0.280. The molecule has 0 radical (unpaired) electrons. The summed E-state index contributed by atoms with van der Waals surface area (Å²) in [4.78, 5) is 0. The zero-order chi connectivity index (χ0) is 11.8. The van der Waals surface area contributed by atoms with Crippen molar-refractivity contribution in [2.75, 3.05) is 17.2 Å². The number of hydrogen-bond donors (Lipinski definition) is 2. The van der Waals surface area contributed by atoms with Gasteiger partial charge in [0.2, 0.25) is 0 Å². The van der Waals surface area contributed by atoms with Gasteiger partial charge in [0.25, 0.3) is 0 Å². The van der Waals surface area contributed by atoms with Crippen molar-refractivity contribution in [2.24, 2.45) is 5.92 Å². The molecule has 1 aromatic rings. The minimum Gasteiger partial charge on any atom is -0.383 e. The molecule has 17 heavy (non-hydrogen) atoms. The van der Waals surface area contributed by atoms with Crippen molar-refractivity contribution in [2.45, 2.75) is 31.7 Å². The fourth-order valence-electron chi connectivity index (χ4n) is 2.90. The molecule has 0 amide bonds. The number of halogens is 2. The Bertz CT molecular complexity index is 436. The van der Waals surface area contributed by atoms with Crippen molar-refractivity contribution < 1.29 is 4.39 Å². The molecule has 1 aliphatic heterocycles. The Labute approximate surface area is 106 Å². The largest absolute Gasteiger partial charge is 0.383 e. The second-order valence-electron chi connectivity index (χ2n) is 4.99. The first kappa shape index (κ1) is 11.1. The average Bonchev–Trinajstić information content (AvgIpc) is 2.49. The molecular formula is C13H16ClFN2. The average molecular weight is 255 g/mol. The van der Waals surface area contributed by atoms with E-state index in [0.717, 1.165) is 17.9 Å². The van der Waals surface area contributed by atoms with E-state index in [9.17, 15) is 4.39 Å². The molecule has 2 aliphatic rings. The Morgan fingerprint density at radius 2 is 2.00 bits per heavy atom. The molecule has 1 saturated carbocycles. The fraction of sp³-hybridized carbons (Fsp3) is 0.538. The second kappa shape index (κ2) is 4.37. The van der Waals surface area contributed by atoms with E-state index < -0.39 is 0 Å². The molecule has 0 aromatic heterocycles. The van der Waals surface area contributed by atoms with Crippen molar-refractivity contribution in [3.8, 4) is 0 Å². The molecular weight excluding hydrogens is 239 g/mol. The van der Waals surface area contributed by atoms with Crippen LogP contribution in [0.3, 0.4) is 0 Å². The van der Waals surface area contributed by atoms with Crippen molar-refractivity contribution in [3.63, 3.8) is 0 Å². The molecule has 2 N–H and O–H groups in total. The molecule has 0 bridgehead atoms. The Morgan fingerprint density at radius 3 is 2.88 bits per heavy atom. The van der Waals surface area contributed by atoms with Crippen LogP contribution in [-0.2, 0) is 0 Å². The van der Waals surface area contributed by atoms with Crippen LogP contribution in [0.25, 0.3) is 0 Å². The van der Waals surface area contributed by atoms with Crippen LogP contribution < -0.4 is 10.6 Å². The summed E-state index contributed by atoms with van der Waals surface area (Å²) in [5.41, 5.74) is 1.77. The molecule has 3 rings (SSSR count). The van der Waals surface area contributed by atoms with E-state index >= 15 is 0 Å². The van der Waals surface area contributed by atoms with Gasteiger partial charge in [-0.05, 0) is 24.8 Å². The summed E-state index contributed by atoms with van der Waals surface area (Å²) in [6.45, 7) is 0.922. The summed E-state index contributed by atoms with van der Waals surface area (Å²) in [6, 6.07) is 3.68. The number of rotatable bonds is 0. The third kappa shape index (κ3) is 2.08. The normalized spacial score (nSPS) is 27.2. The molecule has 4 heteroatoms. The smallest absolute Gasteiger partial charge is 0.143 e. The number of fused-ring (bicyclic) bond motifs is 2. The van der Waals surface area contributed by atoms with Crippen LogP contribution in [0.4, 0.5) is 15.8 Å². The molecule has 1 aliphatic carbocycles. The van der Waals surface area contributed by atoms with E-state index in [2.05, 4.69) is 10.6 Å². The van der Waals surface area contributed by atoms with Gasteiger partial charge in [0.1, 0.15) is 5.82 Å². The number of anilines is 2. The van der Waals surface area contributed by atoms with Crippen molar-refractivity contribution in [1.29, 1.82) is 0 Å². The van der Waals surface area contributed by atoms with Crippen molar-refractivity contribution in [3.05, 3.63) is 23.0 Å². The summed E-state index contributed by atoms with van der Waals surface area (Å²) in [5, 5.41) is 7.03. The van der Waals surface area contributed by atoms with Crippen LogP contribution in [0, 0.1) is 11.7 Å². The summed E-state index contributed by atoms with van der Waals surface area (Å²) >= 11 is 5.83. The van der Waals surface area contributed by atoms with Crippen LogP contribution in [0.15, 0.2) is 12.1 Å². The summed E-state index contributed by atoms with van der Waals surface area (Å²) < 4.78 is 13.4. The number of nitrogens with one attached hydrogen (secondary N) is 2. The Hall–Kier alpha value is -0.960. The molecule has 0 saturated heterocycles. The lowest BCUT2D eigenvalue weighted by Crippen LogP contribution is -2.34. The van der Waals surface area contributed by atoms with E-state index in [-0.39, 0.29) is 10.8 Å². The molecule has 92 valence electrons. The van der Waals surface area contributed by atoms with Gasteiger partial charge in [-0.3, -0.25) is 0 Å². The molecule has 1 aromatic carbocycles. The third-order valence-corrected chi connectivity index (χ3v) is 4.15. The van der Waals surface area contributed by atoms with Gasteiger partial charge in [-0.25, -0.2) is 4.39 Å². The Balaban J connectivity index is 1.93. The van der Waals surface area contributed by atoms with E-state index in [1.165, 1.54) is 31.7 Å². The maximum atomic E-state index is 13.4. The molecule has 2 unspecified atom stereocenters. The molecule has 2 nitrogen and oxygen atoms in total. The quantitative estimate of drug-likeness (QED) is 0.734. The molecule has 1 fully saturated rings. The van der Waals surface area contributed by atoms with Gasteiger partial charge >= 0.3 is 0 Å². The van der Waals surface area contributed by atoms with Crippen LogP contribution in [0.5, 0.6) is 0 Å². The highest BCUT2D eigenvalue weighted by atomic mass is 35.5. The van der Waals surface area contributed by atoms with Crippen LogP contribution >= 0.6 is 11.6 Å². The minimum atomic E-state index is -0.357. The standard InChI is InChI=1S/C13H16ClFN2/c14-9-5-13-12(6-10(9)15)16-7-8-3-1-2-4-11(8)17-13/h5-6,8,11,16-17H,1-4,7H2. The molecule has 0 spiro atoms. The lowest BCUT2D eigenvalue weighted by Gasteiger charge is -2.30. The van der Waals surface area contributed by atoms with Crippen LogP contribution in [0.1, 0.15) is 25.7 Å². The van der Waals surface area contributed by atoms with Gasteiger partial charge in [-0.1, -0.05) is 24.4 Å². The van der Waals surface area contributed by atoms with Gasteiger partial charge in [0, 0.05) is 18.7 Å². The predicted molar refractivity (Wildman–Crippen MR) is 69.3 cm³/mol. The first-order valence-electron chi connectivity index (χ1n) is 6.23. The van der Waals surface area contributed by atoms with Crippen LogP contribution in [0.2, 0.25) is 5.02 Å². The van der Waals surface area contributed by atoms with E-state index in [0.29, 0.717) is 12.0 Å². The first-order valence-corrected chi connectivity index (χ1v) is 6.61. The summed E-state index contributed by atoms with van der Waals surface area (Å²) in [7, 11) is 0. The second-order valence-corrected chi connectivity index (χ2v) is 5.40. The van der Waals surface area contributed by atoms with Gasteiger partial charge in [-0.15, -0.1) is 0 Å². The van der Waals surface area contributed by atoms with E-state index in [1.54, 1.807) is 6.07 Å². The van der Waals surface area contributed by atoms with Crippen molar-refractivity contribution >= 4 is 23.0 Å². The fourth-order valence-corrected chi connectivity index (χ4v) is 3.06. The lowest BCUT2D eigenvalue weighted by atomic mass is 9.84. The van der Waals surface area contributed by atoms with Crippen molar-refractivity contribution in [1.82, 2.24) is 0 Å². The lowest BCUT2D eigenvalue weighted by molar-refractivity contribution is 0.342. The Kier molecular flexibility index (Phi) is 2.87. The van der Waals surface area contributed by atoms with E-state index in [1.807, 2.05) is 0 Å². The first-order chi connectivity index (χ1) is 8.24. The minimum absolute atomic E-state index is 0.187. The van der Waals surface area contributed by atoms with Gasteiger partial charge < -0.3 is 10.6 Å². The highest BCUT2D eigenvalue weighted by Crippen LogP contribution is 2.36. The van der Waals surface area contributed by atoms with Gasteiger partial charge in [0.15, 0.2) is 0 Å². The zero-order valence-electron chi connectivity index (χ0n) is 9.60. The maximum Gasteiger partial charge on any atom is 0.143 e. The number of hydrogen-bond acceptors (Lipinski definition) is 2. The topological polar surface area (TPSA) is 24.1 Å². The van der Waals surface area contributed by atoms with Gasteiger partial charge in [-0.2, -0.15) is 0 Å². The third-order valence-electron chi connectivity index (χ3n) is 3.87. The molecule has 1 heterocycles. The Morgan fingerprint density at radius 1 is 1.18 bits per heavy atom.